The molecule has 1 fully saturated rings. The summed E-state index contributed by atoms with van der Waals surface area (Å²) in [4.78, 5) is 28.7. The molecule has 2 amide bonds. The van der Waals surface area contributed by atoms with Crippen LogP contribution in [-0.4, -0.2) is 65.2 Å². The van der Waals surface area contributed by atoms with Crippen LogP contribution in [0.15, 0.2) is 18.3 Å². The van der Waals surface area contributed by atoms with E-state index >= 15 is 0 Å². The smallest absolute Gasteiger partial charge is 0.324 e. The molecule has 2 aromatic rings. The lowest BCUT2D eigenvalue weighted by Gasteiger charge is -2.42. The molecule has 2 aliphatic rings. The van der Waals surface area contributed by atoms with E-state index in [0.29, 0.717) is 36.0 Å². The number of nitrogens with zero attached hydrogens (tertiary/aromatic N) is 3. The van der Waals surface area contributed by atoms with Crippen LogP contribution in [0.2, 0.25) is 0 Å². The topological polar surface area (TPSA) is 57.6 Å². The number of Topliss-reactive ketones (excluding diaryl/α,β-unsaturated/α-hetero) is 1. The third kappa shape index (κ3) is 3.58. The molecule has 1 aromatic carbocycles. The molecule has 1 aromatic heterocycles. The number of fused-ring (bicyclic) bond motifs is 2. The van der Waals surface area contributed by atoms with Crippen molar-refractivity contribution in [3.05, 3.63) is 35.0 Å². The highest BCUT2D eigenvalue weighted by Crippen LogP contribution is 2.46. The van der Waals surface area contributed by atoms with Crippen molar-refractivity contribution >= 4 is 22.7 Å². The number of rotatable bonds is 4. The molecular weight excluding hydrogens is 409 g/mol. The first kappa shape index (κ1) is 21.7. The van der Waals surface area contributed by atoms with Gasteiger partial charge < -0.3 is 9.80 Å². The lowest BCUT2D eigenvalue weighted by molar-refractivity contribution is -0.0886. The molecule has 9 heteroatoms. The van der Waals surface area contributed by atoms with Gasteiger partial charge in [-0.3, -0.25) is 9.47 Å². The Hall–Kier alpha value is -2.55. The molecule has 0 radical (unpaired) electrons. The van der Waals surface area contributed by atoms with Crippen LogP contribution in [0, 0.1) is 0 Å². The minimum atomic E-state index is -4.93. The first-order valence-electron chi connectivity index (χ1n) is 10.7. The predicted octanol–water partition coefficient (Wildman–Crippen LogP) is 4.13. The van der Waals surface area contributed by atoms with Crippen molar-refractivity contribution in [2.24, 2.45) is 0 Å². The number of carbonyl (C=O) groups excluding carboxylic acids is 2. The second-order valence-electron chi connectivity index (χ2n) is 8.36. The molecule has 2 atom stereocenters. The van der Waals surface area contributed by atoms with Gasteiger partial charge in [-0.1, -0.05) is 0 Å². The van der Waals surface area contributed by atoms with Crippen molar-refractivity contribution in [3.63, 3.8) is 0 Å². The van der Waals surface area contributed by atoms with Crippen molar-refractivity contribution in [2.75, 3.05) is 32.1 Å². The van der Waals surface area contributed by atoms with E-state index in [9.17, 15) is 22.8 Å². The van der Waals surface area contributed by atoms with Gasteiger partial charge in [-0.25, -0.2) is 10.2 Å². The van der Waals surface area contributed by atoms with Gasteiger partial charge in [0.2, 0.25) is 0 Å². The summed E-state index contributed by atoms with van der Waals surface area (Å²) in [5.74, 6) is -1.95. The average molecular weight is 436 g/mol. The Morgan fingerprint density at radius 3 is 2.58 bits per heavy atom. The fourth-order valence-electron chi connectivity index (χ4n) is 5.19. The number of likely N-dealkylation sites (N-methyl/N-ethyl adjacent to an activating group) is 1. The zero-order valence-corrected chi connectivity index (χ0v) is 17.9. The second-order valence-corrected chi connectivity index (χ2v) is 8.36. The first-order chi connectivity index (χ1) is 14.7. The van der Waals surface area contributed by atoms with E-state index < -0.39 is 12.0 Å². The number of urea groups is 1. The highest BCUT2D eigenvalue weighted by molar-refractivity contribution is 6.07. The number of alkyl halides is 3. The van der Waals surface area contributed by atoms with Gasteiger partial charge in [-0.15, -0.1) is 0 Å². The van der Waals surface area contributed by atoms with Crippen LogP contribution in [0.5, 0.6) is 0 Å². The molecule has 0 saturated carbocycles. The number of hydrogen-bond acceptors (Lipinski definition) is 3. The summed E-state index contributed by atoms with van der Waals surface area (Å²) in [6, 6.07) is 2.53. The minimum Gasteiger partial charge on any atom is -0.324 e. The molecule has 4 rings (SSSR count). The Balaban J connectivity index is 1.88. The summed E-state index contributed by atoms with van der Waals surface area (Å²) < 4.78 is 41.8. The molecule has 31 heavy (non-hydrogen) atoms. The van der Waals surface area contributed by atoms with E-state index in [2.05, 4.69) is 10.3 Å². The van der Waals surface area contributed by atoms with E-state index in [1.54, 1.807) is 15.8 Å². The number of halogens is 3. The number of likely N-dealkylation sites (tertiary alicyclic amines) is 1. The number of aromatic nitrogens is 1. The largest absolute Gasteiger partial charge is 0.454 e. The molecule has 0 spiro atoms. The molecule has 1 N–H and O–H groups in total. The van der Waals surface area contributed by atoms with Gasteiger partial charge in [-0.2, -0.15) is 13.2 Å². The number of ketones is 1. The van der Waals surface area contributed by atoms with Crippen LogP contribution in [0.3, 0.4) is 0 Å². The molecule has 6 nitrogen and oxygen atoms in total. The fraction of sp³-hybridized carbons (Fsp3) is 0.545. The summed E-state index contributed by atoms with van der Waals surface area (Å²) in [6.45, 7) is 5.71. The fourth-order valence-corrected chi connectivity index (χ4v) is 5.19. The molecule has 0 bridgehead atoms. The van der Waals surface area contributed by atoms with Gasteiger partial charge in [0.05, 0.1) is 5.52 Å². The highest BCUT2D eigenvalue weighted by Gasteiger charge is 2.45. The van der Waals surface area contributed by atoms with Crippen LogP contribution < -0.4 is 5.43 Å². The number of benzene rings is 1. The lowest BCUT2D eigenvalue weighted by atomic mass is 9.73. The van der Waals surface area contributed by atoms with E-state index in [-0.39, 0.29) is 23.6 Å². The Labute approximate surface area is 178 Å². The van der Waals surface area contributed by atoms with E-state index in [4.69, 9.17) is 0 Å². The number of piperidine rings is 1. The summed E-state index contributed by atoms with van der Waals surface area (Å²) in [5.41, 5.74) is 4.55. The maximum atomic E-state index is 13.4. The normalized spacial score (nSPS) is 21.1. The van der Waals surface area contributed by atoms with Crippen LogP contribution in [-0.2, 0) is 6.42 Å². The Morgan fingerprint density at radius 2 is 1.94 bits per heavy atom. The van der Waals surface area contributed by atoms with Crippen molar-refractivity contribution in [2.45, 2.75) is 51.2 Å². The van der Waals surface area contributed by atoms with Gasteiger partial charge >= 0.3 is 12.2 Å². The molecular formula is C22H27F3N4O2. The number of hydrogen-bond donors (Lipinski definition) is 1. The monoisotopic (exact) mass is 436 g/mol. The zero-order valence-electron chi connectivity index (χ0n) is 17.9. The van der Waals surface area contributed by atoms with Crippen molar-refractivity contribution in [3.8, 4) is 0 Å². The SMILES string of the molecule is CCN(CC)C(=O)Nn1cc2c3c(c(C(=O)C(F)(F)F)ccc31)[C@H]1CCCN(C)[C@@H]1C2. The third-order valence-electron chi connectivity index (χ3n) is 6.71. The zero-order chi connectivity index (χ0) is 22.5. The molecule has 168 valence electrons. The summed E-state index contributed by atoms with van der Waals surface area (Å²) >= 11 is 0. The maximum Gasteiger partial charge on any atom is 0.454 e. The summed E-state index contributed by atoms with van der Waals surface area (Å²) in [6.07, 6.45) is -0.874. The Morgan fingerprint density at radius 1 is 1.23 bits per heavy atom. The second kappa shape index (κ2) is 7.85. The van der Waals surface area contributed by atoms with Gasteiger partial charge in [-0.05, 0) is 70.0 Å². The Bertz CT molecular complexity index is 1030. The van der Waals surface area contributed by atoms with Crippen LogP contribution >= 0.6 is 0 Å². The van der Waals surface area contributed by atoms with E-state index in [1.807, 2.05) is 20.9 Å². The predicted molar refractivity (Wildman–Crippen MR) is 112 cm³/mol. The number of amides is 2. The molecule has 1 saturated heterocycles. The quantitative estimate of drug-likeness (QED) is 0.734. The molecule has 0 unspecified atom stereocenters. The standard InChI is InChI=1S/C22H27F3N4O2/c1-4-28(5-2)21(31)26-29-12-13-11-17-14(7-6-10-27(17)3)19-15(20(30)22(23,24)25)8-9-16(29)18(13)19/h8-9,12,14,17H,4-7,10-11H2,1-3H3,(H,26,31)/t14-,17+/m0/s1. The van der Waals surface area contributed by atoms with Gasteiger partial charge in [0.15, 0.2) is 0 Å². The lowest BCUT2D eigenvalue weighted by Crippen LogP contribution is -2.45. The van der Waals surface area contributed by atoms with Crippen LogP contribution in [0.25, 0.3) is 10.9 Å². The highest BCUT2D eigenvalue weighted by atomic mass is 19.4. The molecule has 2 heterocycles. The molecule has 1 aliphatic carbocycles. The van der Waals surface area contributed by atoms with E-state index in [0.717, 1.165) is 24.9 Å². The first-order valence-corrected chi connectivity index (χ1v) is 10.7. The third-order valence-corrected chi connectivity index (χ3v) is 6.71. The van der Waals surface area contributed by atoms with Gasteiger partial charge in [0.25, 0.3) is 5.78 Å². The van der Waals surface area contributed by atoms with Crippen LogP contribution in [0.4, 0.5) is 18.0 Å². The van der Waals surface area contributed by atoms with E-state index in [1.165, 1.54) is 12.1 Å². The van der Waals surface area contributed by atoms with Crippen molar-refractivity contribution in [1.29, 1.82) is 0 Å². The van der Waals surface area contributed by atoms with Gasteiger partial charge in [0.1, 0.15) is 0 Å². The Kier molecular flexibility index (Phi) is 5.49. The number of carbonyl (C=O) groups is 2. The van der Waals surface area contributed by atoms with Crippen molar-refractivity contribution < 1.29 is 22.8 Å². The summed E-state index contributed by atoms with van der Waals surface area (Å²) in [5, 5.41) is 0.673. The number of nitrogens with one attached hydrogen (secondary N) is 1. The maximum absolute atomic E-state index is 13.4. The van der Waals surface area contributed by atoms with Crippen LogP contribution in [0.1, 0.15) is 54.1 Å². The van der Waals surface area contributed by atoms with Crippen molar-refractivity contribution in [1.82, 2.24) is 14.5 Å². The average Bonchev–Trinajstić information content (AvgIpc) is 3.06. The van der Waals surface area contributed by atoms with Gasteiger partial charge in [0, 0.05) is 42.2 Å². The summed E-state index contributed by atoms with van der Waals surface area (Å²) in [7, 11) is 1.98. The minimum absolute atomic E-state index is 0.0287. The molecule has 1 aliphatic heterocycles.